The smallest absolute Gasteiger partial charge is 0.372 e. The molecule has 4 saturated carbocycles. The second kappa shape index (κ2) is 48.3. The Morgan fingerprint density at radius 1 is 0.521 bits per heavy atom. The van der Waals surface area contributed by atoms with Gasteiger partial charge in [-0.1, -0.05) is 118 Å². The summed E-state index contributed by atoms with van der Waals surface area (Å²) in [5.41, 5.74) is 5.23. The van der Waals surface area contributed by atoms with Crippen molar-refractivity contribution in [2.24, 2.45) is 33.5 Å². The van der Waals surface area contributed by atoms with E-state index in [4.69, 9.17) is 79.0 Å². The number of rotatable bonds is 28. The number of anilines is 4. The molecule has 11 atom stereocenters. The molecule has 2 aliphatic heterocycles. The minimum Gasteiger partial charge on any atom is -0.494 e. The van der Waals surface area contributed by atoms with Crippen LogP contribution in [0.1, 0.15) is 157 Å². The number of ether oxygens (including phenoxy) is 4. The van der Waals surface area contributed by atoms with Gasteiger partial charge < -0.3 is 76.8 Å². The maximum atomic E-state index is 14.6. The molecule has 6 aliphatic rings. The molecule has 8 aromatic rings. The van der Waals surface area contributed by atoms with Crippen LogP contribution in [0.15, 0.2) is 171 Å². The molecule has 4 heterocycles. The highest BCUT2D eigenvalue weighted by atomic mass is 35.5. The fourth-order valence-corrected chi connectivity index (χ4v) is 18.1. The number of carbonyl (C=O) groups excluding carboxylic acids is 6. The van der Waals surface area contributed by atoms with Gasteiger partial charge in [0.2, 0.25) is 55.3 Å². The number of pyridine rings is 2. The Morgan fingerprint density at radius 3 is 1.18 bits per heavy atom. The van der Waals surface area contributed by atoms with E-state index in [0.717, 1.165) is 5.39 Å². The summed E-state index contributed by atoms with van der Waals surface area (Å²) in [7, 11) is -4.54. The molecule has 142 heavy (non-hydrogen) atoms. The Morgan fingerprint density at radius 2 is 0.873 bits per heavy atom. The van der Waals surface area contributed by atoms with E-state index >= 15 is 0 Å². The van der Waals surface area contributed by atoms with Crippen molar-refractivity contribution in [3.05, 3.63) is 203 Å². The SMILES string of the molecule is C=C[C@@H]1C[C@]1(NC(=O)[C@@H]1C[C@@H](Oc2ncc(OC)c3ccc(Cl)cc23)CN1)C(=O)NS(=O)(=O)C1CC1.C=C[C@@H]1C[C@]1(NC(=O)[C@@H]1C[C@@H](Oc2ncc(OC)c3ccc(Cl)cc23)CN1C(=O)C(Nc1ccc(C#N)cc1)C(C)(C)C)C(=O)NS(=O)(=O)C1CC1.CC(C)(C)C(=O)C(=O)O.CC(C)(C)C(Nc1ccc(C#N)cc1)C(=O)O.CC(C)(C)C(Nc1ccc(C#N)cc1)C(=O)O.Cl.Cl.N#Cc1ccc(N)cc1. The van der Waals surface area contributed by atoms with Gasteiger partial charge in [-0.15, -0.1) is 38.0 Å². The average Bonchev–Trinajstić information content (AvgIpc) is 1.57. The Bertz CT molecular complexity index is 6320. The van der Waals surface area contributed by atoms with Crippen molar-refractivity contribution in [2.45, 2.75) is 198 Å². The van der Waals surface area contributed by atoms with Crippen molar-refractivity contribution < 1.29 is 94.3 Å². The van der Waals surface area contributed by atoms with Crippen molar-refractivity contribution in [3.8, 4) is 47.5 Å². The number of benzene rings is 6. The van der Waals surface area contributed by atoms with Crippen LogP contribution in [-0.2, 0) is 63.2 Å². The third kappa shape index (κ3) is 30.5. The van der Waals surface area contributed by atoms with E-state index in [2.05, 4.69) is 70.5 Å². The number of nitriles is 4. The topological polar surface area (TPSA) is 566 Å². The molecule has 0 bridgehead atoms. The maximum Gasteiger partial charge on any atom is 0.372 e. The van der Waals surface area contributed by atoms with Crippen LogP contribution in [0.3, 0.4) is 0 Å². The number of Topliss-reactive ketones (excluding diaryl/α,β-unsaturated/α-hetero) is 1. The summed E-state index contributed by atoms with van der Waals surface area (Å²) in [6.07, 6.45) is 7.89. The van der Waals surface area contributed by atoms with Gasteiger partial charge in [0.25, 0.3) is 11.8 Å². The highest BCUT2D eigenvalue weighted by Crippen LogP contribution is 2.48. The number of likely N-dealkylation sites (tertiary alicyclic amines) is 1. The molecule has 2 saturated heterocycles. The van der Waals surface area contributed by atoms with Crippen LogP contribution < -0.4 is 66.0 Å². The Labute approximate surface area is 847 Å². The predicted octanol–water partition coefficient (Wildman–Crippen LogP) is 13.6. The molecule has 42 heteroatoms. The third-order valence-corrected chi connectivity index (χ3v) is 27.6. The zero-order valence-corrected chi connectivity index (χ0v) is 85.5. The number of aliphatic carboxylic acids is 3. The third-order valence-electron chi connectivity index (χ3n) is 23.5. The standard InChI is InChI=1S/C37H41ClN6O7S.C24H27ClN4O6S.2C13H16N2O2.C7H6N2.C6H10O3.2ClH/c1-6-22-17-37(22,35(47)43-52(48,49)26-12-13-26)42-32(45)29-16-25(51-33-28-15-23(38)9-14-27(28)30(50-5)19-40-33)20-44(29)34(46)31(36(2,3)4)41-24-10-7-21(18-39)8-11-24;1-3-13-10-24(13,23(31)29-36(32,33)16-5-6-16)28-21(30)19-9-15(11-26-19)35-22-18-8-14(25)4-7-17(18)20(34-2)12-27-22;2*1-13(2,3)11(12(16)17)15-10-6-4-9(8-14)5-7-10;8-5-6-1-3-7(9)4-2-6;1-6(2,3)4(7)5(8)9;;/h6-11,14-15,19,22,25-26,29,31,41H,1,12-13,16-17,20H2,2-5H3,(H,42,45)(H,43,47);3-4,7-8,12-13,15-16,19,26H,1,5-6,9-11H2,2H3,(H,28,30)(H,29,31);2*4-7,11,15H,1-3H3,(H,16,17);1-4H,9H2;1-3H3,(H,8,9);2*1H/t22-,25-,29+,31?,37-;13-,15-,19+,24-;;;;;;/m11....../s1. The van der Waals surface area contributed by atoms with E-state index in [9.17, 15) is 65.2 Å². The Balaban J connectivity index is 0.000000261. The number of carboxylic acids is 3. The molecule has 6 aromatic carbocycles. The largest absolute Gasteiger partial charge is 0.494 e. The number of halogens is 4. The molecule has 14 rings (SSSR count). The minimum absolute atomic E-state index is 0. The van der Waals surface area contributed by atoms with Gasteiger partial charge in [0.05, 0.1) is 96.2 Å². The van der Waals surface area contributed by atoms with Gasteiger partial charge in [-0.25, -0.2) is 41.2 Å². The number of ketones is 1. The van der Waals surface area contributed by atoms with E-state index in [0.29, 0.717) is 134 Å². The number of nitrogens with one attached hydrogen (secondary N) is 8. The lowest BCUT2D eigenvalue weighted by Crippen LogP contribution is -2.58. The summed E-state index contributed by atoms with van der Waals surface area (Å²) in [5.74, 6) is -6.02. The van der Waals surface area contributed by atoms with Crippen molar-refractivity contribution in [1.29, 1.82) is 21.0 Å². The van der Waals surface area contributed by atoms with Crippen LogP contribution in [0.2, 0.25) is 10.0 Å². The molecule has 3 unspecified atom stereocenters. The Hall–Kier alpha value is -13.6. The van der Waals surface area contributed by atoms with Gasteiger partial charge in [0.15, 0.2) is 0 Å². The number of fused-ring (bicyclic) bond motifs is 2. The first kappa shape index (κ1) is 115. The van der Waals surface area contributed by atoms with E-state index in [1.165, 1.54) is 24.3 Å². The second-order valence-electron chi connectivity index (χ2n) is 38.6. The quantitative estimate of drug-likeness (QED) is 0.0123. The summed E-state index contributed by atoms with van der Waals surface area (Å²) in [6, 6.07) is 41.7. The van der Waals surface area contributed by atoms with Crippen LogP contribution in [0.25, 0.3) is 21.5 Å². The van der Waals surface area contributed by atoms with Crippen molar-refractivity contribution in [3.63, 3.8) is 0 Å². The molecule has 36 nitrogen and oxygen atoms in total. The number of nitrogen functional groups attached to an aromatic ring is 1. The van der Waals surface area contributed by atoms with Gasteiger partial charge in [0.1, 0.15) is 59.0 Å². The van der Waals surface area contributed by atoms with Crippen LogP contribution in [0, 0.1) is 78.8 Å². The summed E-state index contributed by atoms with van der Waals surface area (Å²) in [5, 5.41) is 81.9. The minimum atomic E-state index is -3.89. The number of aromatic nitrogens is 2. The second-order valence-corrected chi connectivity index (χ2v) is 43.4. The summed E-state index contributed by atoms with van der Waals surface area (Å²) in [4.78, 5) is 122. The molecule has 0 radical (unpaired) electrons. The van der Waals surface area contributed by atoms with Crippen LogP contribution in [0.4, 0.5) is 22.7 Å². The molecule has 2 aromatic heterocycles. The lowest BCUT2D eigenvalue weighted by atomic mass is 9.85. The number of carboxylic acid groups (broad SMARTS) is 3. The molecule has 5 amide bonds. The number of carbonyl (C=O) groups is 9. The van der Waals surface area contributed by atoms with E-state index < -0.39 is 148 Å². The predicted molar refractivity (Wildman–Crippen MR) is 542 cm³/mol. The monoisotopic (exact) mass is 2070 g/mol. The molecule has 6 fully saturated rings. The van der Waals surface area contributed by atoms with E-state index in [1.807, 2.05) is 86.6 Å². The fraction of sp³-hybridized carbons (Fsp3) is 0.410. The number of sulfonamides is 2. The number of methoxy groups -OCH3 is 2. The Kier molecular flexibility index (Phi) is 39.2. The summed E-state index contributed by atoms with van der Waals surface area (Å²) < 4.78 is 77.6. The van der Waals surface area contributed by atoms with Crippen molar-refractivity contribution in [1.82, 2.24) is 40.3 Å². The molecule has 758 valence electrons. The molecular formula is C100H118Cl4N16O20S2. The summed E-state index contributed by atoms with van der Waals surface area (Å²) in [6.45, 7) is 29.4. The van der Waals surface area contributed by atoms with Gasteiger partial charge in [-0.3, -0.25) is 38.2 Å². The van der Waals surface area contributed by atoms with E-state index in [-0.39, 0.29) is 72.9 Å². The number of nitrogens with two attached hydrogens (primary N) is 1. The summed E-state index contributed by atoms with van der Waals surface area (Å²) >= 11 is 12.5. The van der Waals surface area contributed by atoms with Crippen LogP contribution in [0.5, 0.6) is 23.3 Å². The first-order valence-electron chi connectivity index (χ1n) is 44.6. The fourth-order valence-electron chi connectivity index (χ4n) is 15.0. The van der Waals surface area contributed by atoms with Gasteiger partial charge in [0, 0.05) is 91.0 Å². The molecule has 0 spiro atoms. The zero-order valence-electron chi connectivity index (χ0n) is 80.7. The van der Waals surface area contributed by atoms with Gasteiger partial charge in [-0.2, -0.15) is 21.0 Å². The normalized spacial score (nSPS) is 19.7. The lowest BCUT2D eigenvalue weighted by Gasteiger charge is -2.36. The van der Waals surface area contributed by atoms with Crippen molar-refractivity contribution in [2.75, 3.05) is 49.0 Å². The van der Waals surface area contributed by atoms with E-state index in [1.54, 1.807) is 168 Å². The number of amides is 5. The average molecular weight is 2070 g/mol. The molecule has 4 aliphatic carbocycles. The lowest BCUT2D eigenvalue weighted by molar-refractivity contribution is -0.152. The molecular weight excluding hydrogens is 1950 g/mol. The maximum absolute atomic E-state index is 14.6. The zero-order chi connectivity index (χ0) is 104. The number of hydrogen-bond donors (Lipinski definition) is 12. The first-order chi connectivity index (χ1) is 65.6. The van der Waals surface area contributed by atoms with Gasteiger partial charge in [-0.05, 0) is 188 Å². The first-order valence-corrected chi connectivity index (χ1v) is 48.4. The van der Waals surface area contributed by atoms with Crippen LogP contribution >= 0.6 is 48.0 Å². The highest BCUT2D eigenvalue weighted by molar-refractivity contribution is 7.91. The number of nitrogens with zero attached hydrogens (tertiary/aromatic N) is 7. The van der Waals surface area contributed by atoms with Gasteiger partial charge >= 0.3 is 17.9 Å². The highest BCUT2D eigenvalue weighted by Gasteiger charge is 2.63. The van der Waals surface area contributed by atoms with Crippen molar-refractivity contribution >= 4 is 166 Å². The molecule has 13 N–H and O–H groups in total. The number of hydrogen-bond acceptors (Lipinski definition) is 28. The van der Waals surface area contributed by atoms with Crippen LogP contribution in [-0.4, -0.2) is 192 Å².